The fourth-order valence-electron chi connectivity index (χ4n) is 4.02. The van der Waals surface area contributed by atoms with Crippen molar-refractivity contribution in [2.45, 2.75) is 25.6 Å². The summed E-state index contributed by atoms with van der Waals surface area (Å²) in [5.41, 5.74) is 1.05. The first-order chi connectivity index (χ1) is 13.7. The molecule has 1 N–H and O–H groups in total. The number of halogens is 3. The molecule has 2 aliphatic rings. The van der Waals surface area contributed by atoms with E-state index < -0.39 is 17.5 Å². The van der Waals surface area contributed by atoms with Gasteiger partial charge >= 0.3 is 6.18 Å². The molecule has 1 fully saturated rings. The Morgan fingerprint density at radius 3 is 2.69 bits per heavy atom. The number of aryl methyl sites for hydroxylation is 1. The minimum Gasteiger partial charge on any atom is -0.507 e. The van der Waals surface area contributed by atoms with Gasteiger partial charge in [0.05, 0.1) is 24.0 Å². The van der Waals surface area contributed by atoms with Gasteiger partial charge in [-0.2, -0.15) is 13.2 Å². The number of hydrogen-bond donors (Lipinski definition) is 1. The molecule has 2 aromatic rings. The molecule has 0 saturated carbocycles. The van der Waals surface area contributed by atoms with Gasteiger partial charge in [0.2, 0.25) is 0 Å². The molecular formula is C20H23F3N4O2. The molecule has 0 amide bonds. The number of morpholine rings is 1. The van der Waals surface area contributed by atoms with Gasteiger partial charge < -0.3 is 19.6 Å². The third-order valence-electron chi connectivity index (χ3n) is 5.47. The molecule has 156 valence electrons. The summed E-state index contributed by atoms with van der Waals surface area (Å²) in [4.78, 5) is 4.37. The number of alkyl halides is 3. The normalized spacial score (nSPS) is 20.2. The van der Waals surface area contributed by atoms with Crippen molar-refractivity contribution in [3.05, 3.63) is 34.9 Å². The Kier molecular flexibility index (Phi) is 5.12. The van der Waals surface area contributed by atoms with Gasteiger partial charge in [0.25, 0.3) is 0 Å². The number of hydrogen-bond acceptors (Lipinski definition) is 6. The van der Waals surface area contributed by atoms with Crippen LogP contribution < -0.4 is 4.90 Å². The van der Waals surface area contributed by atoms with Gasteiger partial charge in [0.1, 0.15) is 5.75 Å². The van der Waals surface area contributed by atoms with Gasteiger partial charge in [-0.15, -0.1) is 10.2 Å². The van der Waals surface area contributed by atoms with Crippen LogP contribution >= 0.6 is 0 Å². The lowest BCUT2D eigenvalue weighted by atomic mass is 9.99. The third-order valence-corrected chi connectivity index (χ3v) is 5.47. The number of aromatic nitrogens is 2. The first-order valence-corrected chi connectivity index (χ1v) is 9.55. The molecule has 6 nitrogen and oxygen atoms in total. The third kappa shape index (κ3) is 4.02. The van der Waals surface area contributed by atoms with Crippen LogP contribution in [0.4, 0.5) is 19.0 Å². The van der Waals surface area contributed by atoms with Gasteiger partial charge in [-0.25, -0.2) is 0 Å². The highest BCUT2D eigenvalue weighted by molar-refractivity contribution is 5.73. The molecule has 9 heteroatoms. The van der Waals surface area contributed by atoms with E-state index in [0.29, 0.717) is 17.9 Å². The average molecular weight is 408 g/mol. The Hall–Kier alpha value is -2.39. The minimum absolute atomic E-state index is 0.0994. The molecule has 0 bridgehead atoms. The van der Waals surface area contributed by atoms with Crippen LogP contribution in [0.3, 0.4) is 0 Å². The van der Waals surface area contributed by atoms with E-state index in [1.165, 1.54) is 6.92 Å². The zero-order valence-corrected chi connectivity index (χ0v) is 16.3. The quantitative estimate of drug-likeness (QED) is 0.843. The number of likely N-dealkylation sites (N-methyl/N-ethyl adjacent to an activating group) is 1. The van der Waals surface area contributed by atoms with Gasteiger partial charge in [-0.3, -0.25) is 0 Å². The second-order valence-electron chi connectivity index (χ2n) is 7.71. The van der Waals surface area contributed by atoms with E-state index >= 15 is 0 Å². The van der Waals surface area contributed by atoms with Crippen molar-refractivity contribution in [2.24, 2.45) is 0 Å². The fourth-order valence-corrected chi connectivity index (χ4v) is 4.02. The molecule has 0 spiro atoms. The summed E-state index contributed by atoms with van der Waals surface area (Å²) < 4.78 is 44.7. The Bertz CT molecular complexity index is 896. The smallest absolute Gasteiger partial charge is 0.416 e. The average Bonchev–Trinajstić information content (AvgIpc) is 3.02. The molecule has 0 radical (unpaired) electrons. The first-order valence-electron chi connectivity index (χ1n) is 9.55. The van der Waals surface area contributed by atoms with Gasteiger partial charge in [0.15, 0.2) is 5.82 Å². The second-order valence-corrected chi connectivity index (χ2v) is 7.71. The van der Waals surface area contributed by atoms with Crippen molar-refractivity contribution < 1.29 is 23.0 Å². The van der Waals surface area contributed by atoms with Crippen LogP contribution in [-0.2, 0) is 17.3 Å². The summed E-state index contributed by atoms with van der Waals surface area (Å²) in [6.07, 6.45) is -3.65. The van der Waals surface area contributed by atoms with Crippen molar-refractivity contribution in [1.29, 1.82) is 0 Å². The number of anilines is 1. The van der Waals surface area contributed by atoms with E-state index in [0.717, 1.165) is 56.1 Å². The number of nitrogens with zero attached hydrogens (tertiary/aromatic N) is 4. The topological polar surface area (TPSA) is 61.7 Å². The zero-order valence-electron chi connectivity index (χ0n) is 16.3. The lowest BCUT2D eigenvalue weighted by Crippen LogP contribution is -2.46. The number of fused-ring (bicyclic) bond motifs is 1. The summed E-state index contributed by atoms with van der Waals surface area (Å²) in [6.45, 7) is 5.52. The number of phenolic OH excluding ortho intramolecular Hbond substituents is 1. The molecule has 1 saturated heterocycles. The van der Waals surface area contributed by atoms with Gasteiger partial charge in [0, 0.05) is 37.3 Å². The summed E-state index contributed by atoms with van der Waals surface area (Å²) in [6, 6.07) is 3.57. The first kappa shape index (κ1) is 19.9. The Labute approximate surface area is 166 Å². The van der Waals surface area contributed by atoms with Crippen molar-refractivity contribution in [3.63, 3.8) is 0 Å². The Balaban J connectivity index is 1.58. The number of aromatic hydroxyl groups is 1. The summed E-state index contributed by atoms with van der Waals surface area (Å²) in [5.74, 6) is 0.328. The zero-order chi connectivity index (χ0) is 20.8. The minimum atomic E-state index is -4.51. The highest BCUT2D eigenvalue weighted by atomic mass is 19.4. The molecule has 1 aromatic carbocycles. The van der Waals surface area contributed by atoms with Crippen molar-refractivity contribution in [3.8, 4) is 17.0 Å². The van der Waals surface area contributed by atoms with Crippen LogP contribution in [0.1, 0.15) is 16.7 Å². The number of rotatable bonds is 3. The molecule has 1 aromatic heterocycles. The largest absolute Gasteiger partial charge is 0.507 e. The monoisotopic (exact) mass is 408 g/mol. The van der Waals surface area contributed by atoms with Crippen LogP contribution in [0.25, 0.3) is 11.3 Å². The molecule has 29 heavy (non-hydrogen) atoms. The molecular weight excluding hydrogens is 385 g/mol. The number of benzene rings is 1. The molecule has 2 aliphatic heterocycles. The summed E-state index contributed by atoms with van der Waals surface area (Å²) in [5, 5.41) is 18.8. The van der Waals surface area contributed by atoms with Crippen molar-refractivity contribution >= 4 is 5.82 Å². The van der Waals surface area contributed by atoms with E-state index in [1.54, 1.807) is 0 Å². The van der Waals surface area contributed by atoms with Crippen molar-refractivity contribution in [2.75, 3.05) is 44.7 Å². The maximum Gasteiger partial charge on any atom is 0.416 e. The second kappa shape index (κ2) is 7.46. The SMILES string of the molecule is Cc1cc(C(F)(F)F)cc(O)c1-c1cc2c(nn1)N(C[C@@H]1CN(C)CCO1)CC2. The predicted octanol–water partition coefficient (Wildman–Crippen LogP) is 2.87. The maximum absolute atomic E-state index is 13.0. The van der Waals surface area contributed by atoms with Crippen LogP contribution in [0, 0.1) is 6.92 Å². The number of ether oxygens (including phenoxy) is 1. The molecule has 4 rings (SSSR count). The highest BCUT2D eigenvalue weighted by Crippen LogP contribution is 2.39. The summed E-state index contributed by atoms with van der Waals surface area (Å²) in [7, 11) is 2.07. The standard InChI is InChI=1S/C20H23F3N4O2/c1-12-7-14(20(21,22)23)9-17(28)18(12)16-8-13-3-4-27(19(13)25-24-16)11-15-10-26(2)5-6-29-15/h7-9,15,28H,3-6,10-11H2,1-2H3/t15-/m0/s1. The predicted molar refractivity (Wildman–Crippen MR) is 102 cm³/mol. The van der Waals surface area contributed by atoms with E-state index in [2.05, 4.69) is 27.0 Å². The Morgan fingerprint density at radius 1 is 1.21 bits per heavy atom. The molecule has 0 unspecified atom stereocenters. The fraction of sp³-hybridized carbons (Fsp3) is 0.500. The molecule has 3 heterocycles. The summed E-state index contributed by atoms with van der Waals surface area (Å²) >= 11 is 0. The van der Waals surface area contributed by atoms with E-state index in [1.807, 2.05) is 6.07 Å². The maximum atomic E-state index is 13.0. The highest BCUT2D eigenvalue weighted by Gasteiger charge is 2.33. The van der Waals surface area contributed by atoms with E-state index in [-0.39, 0.29) is 11.7 Å². The van der Waals surface area contributed by atoms with E-state index in [9.17, 15) is 18.3 Å². The van der Waals surface area contributed by atoms with Crippen LogP contribution in [-0.4, -0.2) is 66.1 Å². The van der Waals surface area contributed by atoms with Crippen LogP contribution in [0.5, 0.6) is 5.75 Å². The lowest BCUT2D eigenvalue weighted by molar-refractivity contribution is -0.137. The Morgan fingerprint density at radius 2 is 2.00 bits per heavy atom. The van der Waals surface area contributed by atoms with Gasteiger partial charge in [-0.05, 0) is 44.2 Å². The van der Waals surface area contributed by atoms with Crippen molar-refractivity contribution in [1.82, 2.24) is 15.1 Å². The van der Waals surface area contributed by atoms with Crippen LogP contribution in [0.2, 0.25) is 0 Å². The van der Waals surface area contributed by atoms with Gasteiger partial charge in [-0.1, -0.05) is 0 Å². The van der Waals surface area contributed by atoms with Crippen LogP contribution in [0.15, 0.2) is 18.2 Å². The lowest BCUT2D eigenvalue weighted by Gasteiger charge is -2.32. The number of phenols is 1. The molecule has 1 atom stereocenters. The molecule has 0 aliphatic carbocycles. The van der Waals surface area contributed by atoms with E-state index in [4.69, 9.17) is 4.74 Å².